The van der Waals surface area contributed by atoms with Crippen molar-refractivity contribution in [2.45, 2.75) is 0 Å². The van der Waals surface area contributed by atoms with Gasteiger partial charge in [0.1, 0.15) is 0 Å². The van der Waals surface area contributed by atoms with Gasteiger partial charge in [0.05, 0.1) is 0 Å². The molecule has 2 heterocycles. The van der Waals surface area contributed by atoms with Crippen LogP contribution in [0.2, 0.25) is 0 Å². The molecule has 2 aromatic heterocycles. The Balaban J connectivity index is 2.05. The fourth-order valence-corrected chi connectivity index (χ4v) is 2.26. The lowest BCUT2D eigenvalue weighted by Crippen LogP contribution is -2.13. The third kappa shape index (κ3) is 2.69. The van der Waals surface area contributed by atoms with Crippen molar-refractivity contribution in [2.24, 2.45) is 0 Å². The number of nitrogens with zero attached hydrogens (tertiary/aromatic N) is 1. The Labute approximate surface area is 122 Å². The molecule has 1 amide bonds. The van der Waals surface area contributed by atoms with E-state index in [2.05, 4.69) is 21.4 Å². The summed E-state index contributed by atoms with van der Waals surface area (Å²) in [6.45, 7) is 0. The van der Waals surface area contributed by atoms with Crippen LogP contribution >= 0.6 is 0 Å². The number of rotatable bonds is 3. The number of pyridine rings is 1. The van der Waals surface area contributed by atoms with Gasteiger partial charge in [-0.15, -0.1) is 0 Å². The van der Waals surface area contributed by atoms with E-state index in [1.54, 1.807) is 19.3 Å². The Bertz CT molecular complexity index is 818. The van der Waals surface area contributed by atoms with Crippen molar-refractivity contribution in [1.29, 1.82) is 0 Å². The standard InChI is InChI=1S/C17H15N3O/c1-18-17(21)5-3-12-6-8-19-11-15(12)13-2-4-16-14(10-13)7-9-20-16/h2-11,20H,1H3,(H,18,21)/b5-3+. The van der Waals surface area contributed by atoms with E-state index in [9.17, 15) is 4.79 Å². The monoisotopic (exact) mass is 277 g/mol. The third-order valence-electron chi connectivity index (χ3n) is 3.38. The van der Waals surface area contributed by atoms with Gasteiger partial charge in [0.25, 0.3) is 0 Å². The minimum atomic E-state index is -0.126. The molecule has 0 radical (unpaired) electrons. The number of fused-ring (bicyclic) bond motifs is 1. The molecule has 0 aliphatic rings. The summed E-state index contributed by atoms with van der Waals surface area (Å²) in [6, 6.07) is 10.1. The number of hydrogen-bond acceptors (Lipinski definition) is 2. The lowest BCUT2D eigenvalue weighted by molar-refractivity contribution is -0.115. The Kier molecular flexibility index (Phi) is 3.51. The summed E-state index contributed by atoms with van der Waals surface area (Å²) in [7, 11) is 1.61. The highest BCUT2D eigenvalue weighted by Crippen LogP contribution is 2.27. The SMILES string of the molecule is CNC(=O)/C=C/c1ccncc1-c1ccc2[nH]ccc2c1. The molecule has 0 aliphatic carbocycles. The van der Waals surface area contributed by atoms with Crippen molar-refractivity contribution in [1.82, 2.24) is 15.3 Å². The number of aromatic amines is 1. The van der Waals surface area contributed by atoms with E-state index in [1.807, 2.05) is 36.7 Å². The van der Waals surface area contributed by atoms with Crippen molar-refractivity contribution in [3.05, 3.63) is 60.6 Å². The van der Waals surface area contributed by atoms with Crippen LogP contribution in [0.25, 0.3) is 28.1 Å². The topological polar surface area (TPSA) is 57.8 Å². The van der Waals surface area contributed by atoms with E-state index in [0.29, 0.717) is 0 Å². The maximum atomic E-state index is 11.4. The van der Waals surface area contributed by atoms with Crippen LogP contribution in [-0.2, 0) is 4.79 Å². The first-order valence-electron chi connectivity index (χ1n) is 6.69. The molecular formula is C17H15N3O. The fourth-order valence-electron chi connectivity index (χ4n) is 2.26. The molecule has 0 saturated carbocycles. The summed E-state index contributed by atoms with van der Waals surface area (Å²) in [5.74, 6) is -0.126. The summed E-state index contributed by atoms with van der Waals surface area (Å²) in [5.41, 5.74) is 4.14. The highest BCUT2D eigenvalue weighted by Gasteiger charge is 2.05. The molecule has 0 atom stereocenters. The predicted octanol–water partition coefficient (Wildman–Crippen LogP) is 2.99. The van der Waals surface area contributed by atoms with Crippen LogP contribution < -0.4 is 5.32 Å². The predicted molar refractivity (Wildman–Crippen MR) is 84.6 cm³/mol. The summed E-state index contributed by atoms with van der Waals surface area (Å²) in [4.78, 5) is 18.7. The highest BCUT2D eigenvalue weighted by molar-refractivity contribution is 5.93. The molecule has 4 nitrogen and oxygen atoms in total. The largest absolute Gasteiger partial charge is 0.361 e. The number of carbonyl (C=O) groups excluding carboxylic acids is 1. The van der Waals surface area contributed by atoms with Crippen LogP contribution in [0.4, 0.5) is 0 Å². The van der Waals surface area contributed by atoms with Gasteiger partial charge < -0.3 is 10.3 Å². The van der Waals surface area contributed by atoms with Crippen molar-refractivity contribution in [3.8, 4) is 11.1 Å². The van der Waals surface area contributed by atoms with Gasteiger partial charge in [-0.1, -0.05) is 6.07 Å². The van der Waals surface area contributed by atoms with E-state index in [4.69, 9.17) is 0 Å². The molecule has 21 heavy (non-hydrogen) atoms. The zero-order valence-corrected chi connectivity index (χ0v) is 11.6. The Morgan fingerprint density at radius 3 is 3.05 bits per heavy atom. The molecular weight excluding hydrogens is 262 g/mol. The fraction of sp³-hybridized carbons (Fsp3) is 0.0588. The second kappa shape index (κ2) is 5.63. The van der Waals surface area contributed by atoms with E-state index in [-0.39, 0.29) is 5.91 Å². The average molecular weight is 277 g/mol. The zero-order chi connectivity index (χ0) is 14.7. The van der Waals surface area contributed by atoms with Crippen LogP contribution in [0.3, 0.4) is 0 Å². The van der Waals surface area contributed by atoms with Gasteiger partial charge in [-0.05, 0) is 46.9 Å². The van der Waals surface area contributed by atoms with Gasteiger partial charge in [0.2, 0.25) is 5.91 Å². The maximum absolute atomic E-state index is 11.4. The quantitative estimate of drug-likeness (QED) is 0.723. The molecule has 3 aromatic rings. The third-order valence-corrected chi connectivity index (χ3v) is 3.38. The van der Waals surface area contributed by atoms with Gasteiger partial charge in [0.15, 0.2) is 0 Å². The molecule has 2 N–H and O–H groups in total. The first-order valence-corrected chi connectivity index (χ1v) is 6.69. The van der Waals surface area contributed by atoms with Crippen molar-refractivity contribution < 1.29 is 4.79 Å². The van der Waals surface area contributed by atoms with Gasteiger partial charge in [-0.3, -0.25) is 9.78 Å². The molecule has 0 unspecified atom stereocenters. The molecule has 0 saturated heterocycles. The molecule has 0 aliphatic heterocycles. The van der Waals surface area contributed by atoms with E-state index in [1.165, 1.54) is 6.08 Å². The van der Waals surface area contributed by atoms with E-state index >= 15 is 0 Å². The number of aromatic nitrogens is 2. The zero-order valence-electron chi connectivity index (χ0n) is 11.6. The second-order valence-corrected chi connectivity index (χ2v) is 4.69. The first-order chi connectivity index (χ1) is 10.3. The van der Waals surface area contributed by atoms with E-state index < -0.39 is 0 Å². The summed E-state index contributed by atoms with van der Waals surface area (Å²) >= 11 is 0. The lowest BCUT2D eigenvalue weighted by atomic mass is 10.0. The lowest BCUT2D eigenvalue weighted by Gasteiger charge is -2.06. The second-order valence-electron chi connectivity index (χ2n) is 4.69. The Morgan fingerprint density at radius 2 is 2.19 bits per heavy atom. The Hall–Kier alpha value is -2.88. The molecule has 0 fully saturated rings. The van der Waals surface area contributed by atoms with Gasteiger partial charge in [-0.2, -0.15) is 0 Å². The minimum Gasteiger partial charge on any atom is -0.361 e. The number of carbonyl (C=O) groups is 1. The van der Waals surface area contributed by atoms with Crippen molar-refractivity contribution in [3.63, 3.8) is 0 Å². The molecule has 0 bridgehead atoms. The van der Waals surface area contributed by atoms with Crippen molar-refractivity contribution >= 4 is 22.9 Å². The van der Waals surface area contributed by atoms with Crippen LogP contribution in [0, 0.1) is 0 Å². The number of hydrogen-bond donors (Lipinski definition) is 2. The summed E-state index contributed by atoms with van der Waals surface area (Å²) in [6.07, 6.45) is 8.79. The smallest absolute Gasteiger partial charge is 0.243 e. The van der Waals surface area contributed by atoms with Crippen LogP contribution in [0.1, 0.15) is 5.56 Å². The molecule has 0 spiro atoms. The number of likely N-dealkylation sites (N-methyl/N-ethyl adjacent to an activating group) is 1. The number of benzene rings is 1. The summed E-state index contributed by atoms with van der Waals surface area (Å²) in [5, 5.41) is 3.72. The molecule has 1 aromatic carbocycles. The Morgan fingerprint density at radius 1 is 1.29 bits per heavy atom. The molecule has 104 valence electrons. The molecule has 4 heteroatoms. The van der Waals surface area contributed by atoms with Crippen LogP contribution in [-0.4, -0.2) is 22.9 Å². The average Bonchev–Trinajstić information content (AvgIpc) is 3.00. The number of nitrogens with one attached hydrogen (secondary N) is 2. The molecule has 3 rings (SSSR count). The van der Waals surface area contributed by atoms with Gasteiger partial charge >= 0.3 is 0 Å². The van der Waals surface area contributed by atoms with E-state index in [0.717, 1.165) is 27.6 Å². The highest BCUT2D eigenvalue weighted by atomic mass is 16.1. The van der Waals surface area contributed by atoms with Gasteiger partial charge in [0, 0.05) is 42.8 Å². The van der Waals surface area contributed by atoms with Crippen molar-refractivity contribution in [2.75, 3.05) is 7.05 Å². The minimum absolute atomic E-state index is 0.126. The number of amides is 1. The van der Waals surface area contributed by atoms with Crippen LogP contribution in [0.15, 0.2) is 55.0 Å². The van der Waals surface area contributed by atoms with Crippen LogP contribution in [0.5, 0.6) is 0 Å². The first kappa shape index (κ1) is 13.1. The normalized spacial score (nSPS) is 11.1. The summed E-state index contributed by atoms with van der Waals surface area (Å²) < 4.78 is 0. The maximum Gasteiger partial charge on any atom is 0.243 e. The van der Waals surface area contributed by atoms with Gasteiger partial charge in [-0.25, -0.2) is 0 Å². The number of H-pyrrole nitrogens is 1.